The molecule has 3 aliphatic rings. The average Bonchev–Trinajstić information content (AvgIpc) is 3.50. The van der Waals surface area contributed by atoms with Gasteiger partial charge in [-0.05, 0) is 38.0 Å². The van der Waals surface area contributed by atoms with Crippen LogP contribution < -0.4 is 15.4 Å². The highest BCUT2D eigenvalue weighted by atomic mass is 16.5. The molecule has 2 aliphatic heterocycles. The van der Waals surface area contributed by atoms with E-state index in [1.807, 2.05) is 24.5 Å². The van der Waals surface area contributed by atoms with Crippen molar-refractivity contribution in [2.24, 2.45) is 11.1 Å². The first-order chi connectivity index (χ1) is 15.1. The number of ether oxygens (including phenoxy) is 2. The Morgan fingerprint density at radius 1 is 1.26 bits per heavy atom. The minimum absolute atomic E-state index is 0.108. The van der Waals surface area contributed by atoms with E-state index in [1.54, 1.807) is 6.20 Å². The van der Waals surface area contributed by atoms with Gasteiger partial charge < -0.3 is 25.1 Å². The van der Waals surface area contributed by atoms with Crippen LogP contribution in [-0.4, -0.2) is 51.8 Å². The summed E-state index contributed by atoms with van der Waals surface area (Å²) in [4.78, 5) is 19.4. The maximum atomic E-state index is 6.45. The van der Waals surface area contributed by atoms with Crippen LogP contribution in [0.5, 0.6) is 5.75 Å². The van der Waals surface area contributed by atoms with Crippen LogP contribution in [0.25, 0.3) is 16.8 Å². The first-order valence-corrected chi connectivity index (χ1v) is 10.9. The predicted octanol–water partition coefficient (Wildman–Crippen LogP) is 2.66. The number of nitrogens with one attached hydrogen (secondary N) is 1. The lowest BCUT2D eigenvalue weighted by molar-refractivity contribution is 0.0974. The van der Waals surface area contributed by atoms with Gasteiger partial charge in [0, 0.05) is 43.4 Å². The van der Waals surface area contributed by atoms with Gasteiger partial charge in [-0.25, -0.2) is 15.0 Å². The van der Waals surface area contributed by atoms with Gasteiger partial charge in [0.05, 0.1) is 30.0 Å². The number of anilines is 1. The Labute approximate surface area is 180 Å². The molecule has 8 heteroatoms. The molecule has 0 radical (unpaired) electrons. The molecule has 8 nitrogen and oxygen atoms in total. The number of hydrogen-bond donors (Lipinski definition) is 2. The van der Waals surface area contributed by atoms with E-state index in [1.165, 1.54) is 0 Å². The summed E-state index contributed by atoms with van der Waals surface area (Å²) < 4.78 is 12.0. The number of aromatic amines is 1. The van der Waals surface area contributed by atoms with Crippen molar-refractivity contribution < 1.29 is 9.47 Å². The molecule has 2 atom stereocenters. The summed E-state index contributed by atoms with van der Waals surface area (Å²) in [6.45, 7) is 4.71. The molecule has 2 fully saturated rings. The highest BCUT2D eigenvalue weighted by Gasteiger charge is 2.47. The van der Waals surface area contributed by atoms with Crippen LogP contribution >= 0.6 is 0 Å². The van der Waals surface area contributed by atoms with Gasteiger partial charge in [0.1, 0.15) is 22.9 Å². The number of aromatic nitrogens is 4. The Hall–Kier alpha value is -2.97. The van der Waals surface area contributed by atoms with Crippen LogP contribution in [-0.2, 0) is 11.2 Å². The maximum absolute atomic E-state index is 6.45. The lowest BCUT2D eigenvalue weighted by atomic mass is 9.73. The van der Waals surface area contributed by atoms with E-state index in [9.17, 15) is 0 Å². The zero-order valence-electron chi connectivity index (χ0n) is 17.5. The second-order valence-corrected chi connectivity index (χ2v) is 8.84. The molecular formula is C23H26N6O2. The van der Waals surface area contributed by atoms with E-state index < -0.39 is 0 Å². The SMILES string of the molecule is C[C@@H]1OCC2(CCN(c3cnc4c(n3)CC=C4Oc3ccnc4[nH]ccc34)CC2)[C@@H]1N. The van der Waals surface area contributed by atoms with Gasteiger partial charge in [0.25, 0.3) is 0 Å². The average molecular weight is 419 g/mol. The quantitative estimate of drug-likeness (QED) is 0.674. The van der Waals surface area contributed by atoms with E-state index in [4.69, 9.17) is 25.2 Å². The highest BCUT2D eigenvalue weighted by molar-refractivity contribution is 5.83. The molecule has 1 aliphatic carbocycles. The Kier molecular flexibility index (Phi) is 4.26. The summed E-state index contributed by atoms with van der Waals surface area (Å²) in [6, 6.07) is 3.96. The molecule has 3 aromatic heterocycles. The molecule has 0 unspecified atom stereocenters. The molecule has 1 spiro atoms. The van der Waals surface area contributed by atoms with Crippen molar-refractivity contribution in [3.63, 3.8) is 0 Å². The smallest absolute Gasteiger partial charge is 0.151 e. The third-order valence-corrected chi connectivity index (χ3v) is 7.12. The zero-order chi connectivity index (χ0) is 21.0. The van der Waals surface area contributed by atoms with Crippen LogP contribution in [0.3, 0.4) is 0 Å². The third-order valence-electron chi connectivity index (χ3n) is 7.12. The highest BCUT2D eigenvalue weighted by Crippen LogP contribution is 2.42. The predicted molar refractivity (Wildman–Crippen MR) is 118 cm³/mol. The molecule has 3 N–H and O–H groups in total. The van der Waals surface area contributed by atoms with E-state index in [0.717, 1.165) is 78.7 Å². The minimum Gasteiger partial charge on any atom is -0.455 e. The summed E-state index contributed by atoms with van der Waals surface area (Å²) in [7, 11) is 0. The standard InChI is InChI=1S/C23H26N6O2/c1-14-21(24)23(13-30-14)6-10-29(11-7-23)19-12-27-20-16(28-19)2-3-18(20)31-17-5-9-26-22-15(17)4-8-25-22/h3-5,8-9,12,14,21H,2,6-7,10-11,13,24H2,1H3,(H,25,26)/t14-,21+/m0/s1. The van der Waals surface area contributed by atoms with Crippen LogP contribution in [0.4, 0.5) is 5.82 Å². The van der Waals surface area contributed by atoms with Gasteiger partial charge in [-0.2, -0.15) is 0 Å². The Bertz CT molecular complexity index is 1160. The molecule has 0 amide bonds. The molecule has 160 valence electrons. The number of H-pyrrole nitrogens is 1. The van der Waals surface area contributed by atoms with Crippen molar-refractivity contribution >= 4 is 22.6 Å². The second kappa shape index (κ2) is 7.03. The molecule has 3 aromatic rings. The number of nitrogens with two attached hydrogens (primary N) is 1. The van der Waals surface area contributed by atoms with Gasteiger partial charge in [-0.1, -0.05) is 0 Å². The van der Waals surface area contributed by atoms with Crippen molar-refractivity contribution in [1.29, 1.82) is 0 Å². The van der Waals surface area contributed by atoms with Gasteiger partial charge in [-0.15, -0.1) is 0 Å². The number of hydrogen-bond acceptors (Lipinski definition) is 7. The van der Waals surface area contributed by atoms with Gasteiger partial charge in [0.15, 0.2) is 5.76 Å². The number of nitrogens with zero attached hydrogens (tertiary/aromatic N) is 4. The summed E-state index contributed by atoms with van der Waals surface area (Å²) >= 11 is 0. The first kappa shape index (κ1) is 18.8. The first-order valence-electron chi connectivity index (χ1n) is 10.9. The molecule has 0 saturated carbocycles. The zero-order valence-corrected chi connectivity index (χ0v) is 17.5. The lowest BCUT2D eigenvalue weighted by Gasteiger charge is -2.41. The van der Waals surface area contributed by atoms with Crippen molar-refractivity contribution in [2.75, 3.05) is 24.6 Å². The summed E-state index contributed by atoms with van der Waals surface area (Å²) in [5.41, 5.74) is 9.15. The van der Waals surface area contributed by atoms with Gasteiger partial charge in [0.2, 0.25) is 0 Å². The van der Waals surface area contributed by atoms with Crippen LogP contribution in [0, 0.1) is 5.41 Å². The molecular weight excluding hydrogens is 392 g/mol. The molecule has 6 rings (SSSR count). The molecule has 0 aromatic carbocycles. The maximum Gasteiger partial charge on any atom is 0.151 e. The number of rotatable bonds is 3. The lowest BCUT2D eigenvalue weighted by Crippen LogP contribution is -2.50. The monoisotopic (exact) mass is 418 g/mol. The summed E-state index contributed by atoms with van der Waals surface area (Å²) in [5.74, 6) is 2.45. The number of pyridine rings is 1. The molecule has 31 heavy (non-hydrogen) atoms. The normalized spacial score (nSPS) is 24.6. The summed E-state index contributed by atoms with van der Waals surface area (Å²) in [5, 5.41) is 0.951. The van der Waals surface area contributed by atoms with E-state index in [-0.39, 0.29) is 17.6 Å². The van der Waals surface area contributed by atoms with Crippen LogP contribution in [0.15, 0.2) is 36.8 Å². The van der Waals surface area contributed by atoms with Crippen molar-refractivity contribution in [3.8, 4) is 5.75 Å². The van der Waals surface area contributed by atoms with E-state index >= 15 is 0 Å². The van der Waals surface area contributed by atoms with Crippen LogP contribution in [0.2, 0.25) is 0 Å². The second-order valence-electron chi connectivity index (χ2n) is 8.84. The van der Waals surface area contributed by atoms with Gasteiger partial charge in [-0.3, -0.25) is 0 Å². The van der Waals surface area contributed by atoms with Crippen molar-refractivity contribution in [2.45, 2.75) is 38.3 Å². The van der Waals surface area contributed by atoms with E-state index in [0.29, 0.717) is 0 Å². The minimum atomic E-state index is 0.108. The third kappa shape index (κ3) is 3.01. The summed E-state index contributed by atoms with van der Waals surface area (Å²) in [6.07, 6.45) is 10.4. The fourth-order valence-corrected chi connectivity index (χ4v) is 5.09. The van der Waals surface area contributed by atoms with E-state index in [2.05, 4.69) is 27.9 Å². The molecule has 5 heterocycles. The topological polar surface area (TPSA) is 102 Å². The van der Waals surface area contributed by atoms with Crippen LogP contribution in [0.1, 0.15) is 31.2 Å². The molecule has 2 saturated heterocycles. The number of fused-ring (bicyclic) bond motifs is 2. The van der Waals surface area contributed by atoms with Gasteiger partial charge >= 0.3 is 0 Å². The fraction of sp³-hybridized carbons (Fsp3) is 0.435. The van der Waals surface area contributed by atoms with Crippen molar-refractivity contribution in [3.05, 3.63) is 48.2 Å². The number of piperidine rings is 1. The van der Waals surface area contributed by atoms with Crippen molar-refractivity contribution in [1.82, 2.24) is 19.9 Å². The Morgan fingerprint density at radius 3 is 2.94 bits per heavy atom. The number of allylic oxidation sites excluding steroid dienone is 1. The Morgan fingerprint density at radius 2 is 2.13 bits per heavy atom. The Balaban J connectivity index is 1.18. The fourth-order valence-electron chi connectivity index (χ4n) is 5.09. The molecule has 0 bridgehead atoms. The largest absolute Gasteiger partial charge is 0.455 e.